The van der Waals surface area contributed by atoms with Gasteiger partial charge in [0.05, 0.1) is 12.2 Å². The van der Waals surface area contributed by atoms with Crippen molar-refractivity contribution in [3.63, 3.8) is 0 Å². The Kier molecular flexibility index (Phi) is 5.66. The van der Waals surface area contributed by atoms with E-state index in [-0.39, 0.29) is 30.1 Å². The van der Waals surface area contributed by atoms with Gasteiger partial charge in [-0.2, -0.15) is 4.98 Å². The van der Waals surface area contributed by atoms with Crippen LogP contribution in [0.15, 0.2) is 12.1 Å². The Bertz CT molecular complexity index is 1020. The number of carbonyl (C=O) groups is 2. The number of nitrogens with one attached hydrogen (secondary N) is 4. The number of anilines is 3. The fourth-order valence-corrected chi connectivity index (χ4v) is 3.78. The molecule has 2 heterocycles. The number of hydrogen-bond donors (Lipinski definition) is 4. The van der Waals surface area contributed by atoms with E-state index in [1.54, 1.807) is 6.92 Å². The first-order chi connectivity index (χ1) is 14.8. The van der Waals surface area contributed by atoms with Crippen LogP contribution in [-0.4, -0.2) is 40.4 Å². The third kappa shape index (κ3) is 4.54. The third-order valence-corrected chi connectivity index (χ3v) is 5.41. The second-order valence-electron chi connectivity index (χ2n) is 7.68. The minimum absolute atomic E-state index is 0.0875. The molecule has 0 spiro atoms. The maximum Gasteiger partial charge on any atom is 0.251 e. The summed E-state index contributed by atoms with van der Waals surface area (Å²) in [6.45, 7) is 1.93. The number of benzene rings is 1. The molecule has 164 valence electrons. The summed E-state index contributed by atoms with van der Waals surface area (Å²) in [4.78, 5) is 32.6. The first-order valence-corrected chi connectivity index (χ1v) is 9.94. The first kappa shape index (κ1) is 20.9. The quantitative estimate of drug-likeness (QED) is 0.551. The van der Waals surface area contributed by atoms with Gasteiger partial charge in [-0.15, -0.1) is 0 Å². The molecule has 0 atom stereocenters. The Morgan fingerprint density at radius 1 is 1.06 bits per heavy atom. The van der Waals surface area contributed by atoms with E-state index in [1.165, 1.54) is 0 Å². The number of amides is 2. The van der Waals surface area contributed by atoms with Crippen LogP contribution in [0.25, 0.3) is 0 Å². The number of fused-ring (bicyclic) bond motifs is 1. The highest BCUT2D eigenvalue weighted by Gasteiger charge is 2.25. The van der Waals surface area contributed by atoms with Crippen molar-refractivity contribution in [2.45, 2.75) is 44.7 Å². The van der Waals surface area contributed by atoms with Crippen LogP contribution in [0.5, 0.6) is 0 Å². The maximum atomic E-state index is 13.3. The van der Waals surface area contributed by atoms with E-state index < -0.39 is 23.4 Å². The van der Waals surface area contributed by atoms with Gasteiger partial charge in [0.15, 0.2) is 23.3 Å². The molecule has 1 aromatic heterocycles. The van der Waals surface area contributed by atoms with Crippen molar-refractivity contribution >= 4 is 29.3 Å². The predicted octanol–water partition coefficient (Wildman–Crippen LogP) is 2.72. The van der Waals surface area contributed by atoms with Crippen molar-refractivity contribution in [2.24, 2.45) is 0 Å². The van der Waals surface area contributed by atoms with Crippen molar-refractivity contribution in [3.8, 4) is 0 Å². The smallest absolute Gasteiger partial charge is 0.251 e. The molecule has 1 fully saturated rings. The average Bonchev–Trinajstić information content (AvgIpc) is 2.73. The molecule has 0 bridgehead atoms. The van der Waals surface area contributed by atoms with E-state index >= 15 is 0 Å². The predicted molar refractivity (Wildman–Crippen MR) is 107 cm³/mol. The molecule has 0 unspecified atom stereocenters. The van der Waals surface area contributed by atoms with E-state index in [1.807, 2.05) is 0 Å². The standard InChI is InChI=1S/C20H21F3N6O2/c1-9-17-18(24-8-15(30)28-17)29-20(25-9)27-12-4-2-11(3-5-12)26-19(31)10-6-13(21)16(23)14(22)7-10/h6-7,11-12H,2-5,8H2,1H3,(H,26,31)(H,28,30)(H2,24,25,27,29). The summed E-state index contributed by atoms with van der Waals surface area (Å²) in [5.74, 6) is -4.17. The van der Waals surface area contributed by atoms with Crippen LogP contribution in [0.4, 0.5) is 30.6 Å². The number of rotatable bonds is 4. The minimum Gasteiger partial charge on any atom is -0.359 e. The molecule has 31 heavy (non-hydrogen) atoms. The molecular weight excluding hydrogens is 413 g/mol. The molecule has 1 aliphatic carbocycles. The lowest BCUT2D eigenvalue weighted by Gasteiger charge is -2.30. The molecule has 8 nitrogen and oxygen atoms in total. The summed E-state index contributed by atoms with van der Waals surface area (Å²) in [5.41, 5.74) is 0.962. The molecule has 11 heteroatoms. The van der Waals surface area contributed by atoms with Crippen molar-refractivity contribution in [2.75, 3.05) is 22.5 Å². The van der Waals surface area contributed by atoms with Gasteiger partial charge in [0.25, 0.3) is 5.91 Å². The van der Waals surface area contributed by atoms with Gasteiger partial charge in [-0.25, -0.2) is 18.2 Å². The second kappa shape index (κ2) is 8.40. The molecule has 2 aliphatic rings. The lowest BCUT2D eigenvalue weighted by atomic mass is 9.91. The SMILES string of the molecule is Cc1nc(NC2CCC(NC(=O)c3cc(F)c(F)c(F)c3)CC2)nc2c1NC(=O)CN2. The third-order valence-electron chi connectivity index (χ3n) is 5.41. The zero-order valence-corrected chi connectivity index (χ0v) is 16.7. The summed E-state index contributed by atoms with van der Waals surface area (Å²) in [6.07, 6.45) is 2.74. The van der Waals surface area contributed by atoms with Crippen LogP contribution in [0, 0.1) is 24.4 Å². The largest absolute Gasteiger partial charge is 0.359 e. The lowest BCUT2D eigenvalue weighted by molar-refractivity contribution is -0.114. The van der Waals surface area contributed by atoms with E-state index in [4.69, 9.17) is 0 Å². The average molecular weight is 434 g/mol. The highest BCUT2D eigenvalue weighted by molar-refractivity contribution is 6.00. The molecule has 4 rings (SSSR count). The Labute approximate surface area is 176 Å². The van der Waals surface area contributed by atoms with Gasteiger partial charge in [0, 0.05) is 17.6 Å². The monoisotopic (exact) mass is 434 g/mol. The highest BCUT2D eigenvalue weighted by atomic mass is 19.2. The molecule has 0 radical (unpaired) electrons. The van der Waals surface area contributed by atoms with Crippen molar-refractivity contribution in [1.82, 2.24) is 15.3 Å². The van der Waals surface area contributed by atoms with Gasteiger partial charge >= 0.3 is 0 Å². The highest BCUT2D eigenvalue weighted by Crippen LogP contribution is 2.28. The first-order valence-electron chi connectivity index (χ1n) is 9.94. The van der Waals surface area contributed by atoms with Crippen LogP contribution in [0.1, 0.15) is 41.7 Å². The Hall–Kier alpha value is -3.37. The maximum absolute atomic E-state index is 13.3. The Morgan fingerprint density at radius 3 is 2.39 bits per heavy atom. The zero-order valence-electron chi connectivity index (χ0n) is 16.7. The number of aromatic nitrogens is 2. The molecule has 1 aliphatic heterocycles. The van der Waals surface area contributed by atoms with Gasteiger partial charge in [0.2, 0.25) is 11.9 Å². The second-order valence-corrected chi connectivity index (χ2v) is 7.68. The fourth-order valence-electron chi connectivity index (χ4n) is 3.78. The fraction of sp³-hybridized carbons (Fsp3) is 0.400. The van der Waals surface area contributed by atoms with Crippen molar-refractivity contribution in [1.29, 1.82) is 0 Å². The van der Waals surface area contributed by atoms with Crippen molar-refractivity contribution < 1.29 is 22.8 Å². The molecule has 2 amide bonds. The van der Waals surface area contributed by atoms with Gasteiger partial charge < -0.3 is 21.3 Å². The van der Waals surface area contributed by atoms with Crippen LogP contribution in [-0.2, 0) is 4.79 Å². The number of hydrogen-bond acceptors (Lipinski definition) is 6. The van der Waals surface area contributed by atoms with Gasteiger partial charge in [-0.3, -0.25) is 9.59 Å². The Balaban J connectivity index is 1.33. The molecular formula is C20H21F3N6O2. The molecule has 1 saturated carbocycles. The van der Waals surface area contributed by atoms with E-state index in [0.717, 1.165) is 12.8 Å². The summed E-state index contributed by atoms with van der Waals surface area (Å²) in [6, 6.07) is 1.30. The van der Waals surface area contributed by atoms with Crippen LogP contribution in [0.2, 0.25) is 0 Å². The van der Waals surface area contributed by atoms with E-state index in [0.29, 0.717) is 48.1 Å². The van der Waals surface area contributed by atoms with Gasteiger partial charge in [-0.05, 0) is 44.7 Å². The van der Waals surface area contributed by atoms with E-state index in [2.05, 4.69) is 31.2 Å². The van der Waals surface area contributed by atoms with Crippen LogP contribution >= 0.6 is 0 Å². The summed E-state index contributed by atoms with van der Waals surface area (Å²) in [7, 11) is 0. The normalized spacial score (nSPS) is 20.3. The van der Waals surface area contributed by atoms with Crippen LogP contribution < -0.4 is 21.3 Å². The molecule has 0 saturated heterocycles. The molecule has 2 aromatic rings. The lowest BCUT2D eigenvalue weighted by Crippen LogP contribution is -2.40. The number of aryl methyl sites for hydroxylation is 1. The summed E-state index contributed by atoms with van der Waals surface area (Å²) in [5, 5.41) is 11.7. The topological polar surface area (TPSA) is 108 Å². The van der Waals surface area contributed by atoms with Gasteiger partial charge in [0.1, 0.15) is 5.69 Å². The van der Waals surface area contributed by atoms with Crippen LogP contribution in [0.3, 0.4) is 0 Å². The van der Waals surface area contributed by atoms with Crippen molar-refractivity contribution in [3.05, 3.63) is 40.8 Å². The number of carbonyl (C=O) groups excluding carboxylic acids is 2. The number of halogens is 3. The zero-order chi connectivity index (χ0) is 22.1. The van der Waals surface area contributed by atoms with Gasteiger partial charge in [-0.1, -0.05) is 0 Å². The molecule has 4 N–H and O–H groups in total. The minimum atomic E-state index is -1.60. The Morgan fingerprint density at radius 2 is 1.71 bits per heavy atom. The summed E-state index contributed by atoms with van der Waals surface area (Å²) < 4.78 is 39.8. The summed E-state index contributed by atoms with van der Waals surface area (Å²) >= 11 is 0. The molecule has 1 aromatic carbocycles. The van der Waals surface area contributed by atoms with E-state index in [9.17, 15) is 22.8 Å². The number of nitrogens with zero attached hydrogens (tertiary/aromatic N) is 2.